The molecule has 7 heteroatoms. The molecule has 0 aliphatic carbocycles. The maximum atomic E-state index is 11.7. The molecule has 4 N–H and O–H groups in total. The maximum absolute atomic E-state index is 11.7. The first kappa shape index (κ1) is 17.3. The van der Waals surface area contributed by atoms with E-state index in [9.17, 15) is 4.79 Å². The number of aryl methyl sites for hydroxylation is 1. The monoisotopic (exact) mass is 327 g/mol. The summed E-state index contributed by atoms with van der Waals surface area (Å²) in [6, 6.07) is 9.24. The van der Waals surface area contributed by atoms with Crippen molar-refractivity contribution in [2.24, 2.45) is 21.7 Å². The van der Waals surface area contributed by atoms with E-state index in [0.29, 0.717) is 12.2 Å². The Hall–Kier alpha value is -3.09. The molecule has 2 aromatic rings. The van der Waals surface area contributed by atoms with Gasteiger partial charge in [0.05, 0.1) is 18.4 Å². The van der Waals surface area contributed by atoms with Gasteiger partial charge in [-0.05, 0) is 51.1 Å². The second kappa shape index (κ2) is 7.45. The topological polar surface area (TPSA) is 108 Å². The van der Waals surface area contributed by atoms with Gasteiger partial charge in [-0.2, -0.15) is 5.10 Å². The van der Waals surface area contributed by atoms with E-state index in [4.69, 9.17) is 16.2 Å². The summed E-state index contributed by atoms with van der Waals surface area (Å²) in [5, 5.41) is 7.45. The highest BCUT2D eigenvalue weighted by molar-refractivity contribution is 5.89. The molecule has 0 spiro atoms. The number of carbonyl (C=O) groups excluding carboxylic acids is 1. The number of hydrogen-bond donors (Lipinski definition) is 2. The van der Waals surface area contributed by atoms with Gasteiger partial charge in [-0.15, -0.1) is 5.10 Å². The van der Waals surface area contributed by atoms with Gasteiger partial charge in [0, 0.05) is 22.6 Å². The number of ether oxygens (including phenoxy) is 1. The Morgan fingerprint density at radius 3 is 2.50 bits per heavy atom. The van der Waals surface area contributed by atoms with Crippen molar-refractivity contribution in [2.75, 3.05) is 6.61 Å². The smallest absolute Gasteiger partial charge is 0.338 e. The first-order valence-corrected chi connectivity index (χ1v) is 7.52. The number of benzene rings is 1. The number of nitrogens with two attached hydrogens (primary N) is 2. The van der Waals surface area contributed by atoms with Crippen LogP contribution in [0.3, 0.4) is 0 Å². The summed E-state index contributed by atoms with van der Waals surface area (Å²) in [6.45, 7) is 6.10. The van der Waals surface area contributed by atoms with Crippen molar-refractivity contribution in [3.8, 4) is 5.69 Å². The lowest BCUT2D eigenvalue weighted by Crippen LogP contribution is -2.21. The second-order valence-corrected chi connectivity index (χ2v) is 5.20. The van der Waals surface area contributed by atoms with E-state index in [2.05, 4.69) is 14.8 Å². The molecule has 0 unspecified atom stereocenters. The third-order valence-electron chi connectivity index (χ3n) is 3.48. The summed E-state index contributed by atoms with van der Waals surface area (Å²) in [5.74, 6) is -0.412. The molecule has 1 aromatic carbocycles. The van der Waals surface area contributed by atoms with Gasteiger partial charge in [-0.3, -0.25) is 0 Å². The van der Waals surface area contributed by atoms with Crippen LogP contribution < -0.4 is 11.5 Å². The molecule has 0 aliphatic rings. The lowest BCUT2D eigenvalue weighted by molar-refractivity contribution is 0.0526. The fourth-order valence-electron chi connectivity index (χ4n) is 2.43. The molecule has 0 saturated heterocycles. The number of rotatable bonds is 5. The quantitative estimate of drug-likeness (QED) is 0.378. The zero-order valence-corrected chi connectivity index (χ0v) is 14.0. The van der Waals surface area contributed by atoms with Gasteiger partial charge < -0.3 is 20.8 Å². The average molecular weight is 327 g/mol. The summed E-state index contributed by atoms with van der Waals surface area (Å²) in [4.78, 5) is 11.7. The van der Waals surface area contributed by atoms with Crippen LogP contribution in [-0.4, -0.2) is 29.3 Å². The molecule has 1 heterocycles. The van der Waals surface area contributed by atoms with Crippen LogP contribution in [0, 0.1) is 13.8 Å². The molecular weight excluding hydrogens is 306 g/mol. The maximum Gasteiger partial charge on any atom is 0.338 e. The van der Waals surface area contributed by atoms with Crippen LogP contribution in [0.25, 0.3) is 5.69 Å². The number of aromatic nitrogens is 1. The molecule has 0 amide bonds. The predicted octanol–water partition coefficient (Wildman–Crippen LogP) is 1.88. The van der Waals surface area contributed by atoms with Crippen LogP contribution in [-0.2, 0) is 4.74 Å². The van der Waals surface area contributed by atoms with E-state index < -0.39 is 0 Å². The minimum absolute atomic E-state index is 0.0883. The molecule has 0 saturated carbocycles. The number of hydrogen-bond acceptors (Lipinski definition) is 4. The molecule has 126 valence electrons. The molecule has 0 bridgehead atoms. The molecular formula is C17H21N5O2. The fourth-order valence-corrected chi connectivity index (χ4v) is 2.43. The van der Waals surface area contributed by atoms with Gasteiger partial charge in [0.15, 0.2) is 0 Å². The van der Waals surface area contributed by atoms with Gasteiger partial charge >= 0.3 is 5.97 Å². The van der Waals surface area contributed by atoms with E-state index in [0.717, 1.165) is 22.6 Å². The highest BCUT2D eigenvalue weighted by Gasteiger charge is 2.11. The minimum atomic E-state index is -0.324. The molecule has 0 atom stereocenters. The molecule has 7 nitrogen and oxygen atoms in total. The van der Waals surface area contributed by atoms with Gasteiger partial charge in [-0.1, -0.05) is 0 Å². The summed E-state index contributed by atoms with van der Waals surface area (Å²) in [5.41, 5.74) is 14.9. The van der Waals surface area contributed by atoms with Crippen LogP contribution in [0.2, 0.25) is 0 Å². The lowest BCUT2D eigenvalue weighted by Gasteiger charge is -2.10. The molecule has 0 fully saturated rings. The van der Waals surface area contributed by atoms with Crippen LogP contribution >= 0.6 is 0 Å². The Bertz CT molecular complexity index is 784. The van der Waals surface area contributed by atoms with Crippen molar-refractivity contribution in [2.45, 2.75) is 20.8 Å². The number of guanidine groups is 1. The molecule has 1 aromatic heterocycles. The van der Waals surface area contributed by atoms with E-state index >= 15 is 0 Å². The van der Waals surface area contributed by atoms with Crippen molar-refractivity contribution in [3.05, 3.63) is 52.8 Å². The highest BCUT2D eigenvalue weighted by Crippen LogP contribution is 2.20. The highest BCUT2D eigenvalue weighted by atomic mass is 16.5. The van der Waals surface area contributed by atoms with E-state index in [1.165, 1.54) is 0 Å². The largest absolute Gasteiger partial charge is 0.462 e. The van der Waals surface area contributed by atoms with Crippen LogP contribution in [0.4, 0.5) is 0 Å². The minimum Gasteiger partial charge on any atom is -0.462 e. The van der Waals surface area contributed by atoms with Crippen LogP contribution in [0.1, 0.15) is 34.2 Å². The predicted molar refractivity (Wildman–Crippen MR) is 94.6 cm³/mol. The third-order valence-corrected chi connectivity index (χ3v) is 3.48. The molecule has 0 radical (unpaired) electrons. The van der Waals surface area contributed by atoms with Crippen molar-refractivity contribution in [3.63, 3.8) is 0 Å². The Kier molecular flexibility index (Phi) is 5.36. The number of esters is 1. The molecule has 2 rings (SSSR count). The van der Waals surface area contributed by atoms with Gasteiger partial charge in [0.25, 0.3) is 0 Å². The molecule has 0 aliphatic heterocycles. The molecule has 24 heavy (non-hydrogen) atoms. The fraction of sp³-hybridized carbons (Fsp3) is 0.235. The Balaban J connectivity index is 2.32. The van der Waals surface area contributed by atoms with Crippen LogP contribution in [0.15, 0.2) is 40.5 Å². The van der Waals surface area contributed by atoms with E-state index in [1.54, 1.807) is 25.3 Å². The Morgan fingerprint density at radius 2 is 1.92 bits per heavy atom. The number of carbonyl (C=O) groups is 1. The average Bonchev–Trinajstić information content (AvgIpc) is 2.82. The summed E-state index contributed by atoms with van der Waals surface area (Å²) in [6.07, 6.45) is 1.60. The van der Waals surface area contributed by atoms with Crippen molar-refractivity contribution in [1.29, 1.82) is 0 Å². The SMILES string of the molecule is CCOC(=O)c1ccc(-n2c(C)cc(/C=N/N=C(N)N)c2C)cc1. The van der Waals surface area contributed by atoms with Crippen molar-refractivity contribution in [1.82, 2.24) is 4.57 Å². The van der Waals surface area contributed by atoms with Crippen molar-refractivity contribution >= 4 is 18.1 Å². The number of nitrogens with zero attached hydrogens (tertiary/aromatic N) is 3. The van der Waals surface area contributed by atoms with Crippen LogP contribution in [0.5, 0.6) is 0 Å². The summed E-state index contributed by atoms with van der Waals surface area (Å²) >= 11 is 0. The lowest BCUT2D eigenvalue weighted by atomic mass is 10.2. The normalized spacial score (nSPS) is 10.8. The first-order valence-electron chi connectivity index (χ1n) is 7.52. The third kappa shape index (κ3) is 3.81. The van der Waals surface area contributed by atoms with Crippen molar-refractivity contribution < 1.29 is 9.53 Å². The summed E-state index contributed by atoms with van der Waals surface area (Å²) < 4.78 is 7.05. The van der Waals surface area contributed by atoms with E-state index in [-0.39, 0.29) is 11.9 Å². The second-order valence-electron chi connectivity index (χ2n) is 5.20. The van der Waals surface area contributed by atoms with Gasteiger partial charge in [-0.25, -0.2) is 4.79 Å². The Morgan fingerprint density at radius 1 is 1.25 bits per heavy atom. The van der Waals surface area contributed by atoms with Gasteiger partial charge in [0.2, 0.25) is 5.96 Å². The van der Waals surface area contributed by atoms with E-state index in [1.807, 2.05) is 32.0 Å². The standard InChI is InChI=1S/C17H21N5O2/c1-4-24-16(23)13-5-7-15(8-6-13)22-11(2)9-14(12(22)3)10-20-21-17(18)19/h5-10H,4H2,1-3H3,(H4,18,19,21)/b20-10+. The Labute approximate surface area is 140 Å². The first-order chi connectivity index (χ1) is 11.4. The van der Waals surface area contributed by atoms with Gasteiger partial charge in [0.1, 0.15) is 0 Å². The zero-order valence-electron chi connectivity index (χ0n) is 14.0. The summed E-state index contributed by atoms with van der Waals surface area (Å²) in [7, 11) is 0. The zero-order chi connectivity index (χ0) is 17.7.